The third-order valence-corrected chi connectivity index (χ3v) is 3.35. The maximum atomic E-state index is 12.3. The van der Waals surface area contributed by atoms with E-state index in [1.165, 1.54) is 0 Å². The summed E-state index contributed by atoms with van der Waals surface area (Å²) in [5, 5.41) is 9.28. The second-order valence-electron chi connectivity index (χ2n) is 4.75. The van der Waals surface area contributed by atoms with E-state index in [0.717, 1.165) is 11.3 Å². The molecule has 5 nitrogen and oxygen atoms in total. The second kappa shape index (κ2) is 7.26. The molecule has 0 bridgehead atoms. The molecule has 0 spiro atoms. The number of morpholine rings is 1. The molecule has 0 radical (unpaired) electrons. The summed E-state index contributed by atoms with van der Waals surface area (Å²) >= 11 is 0. The molecule has 1 saturated heterocycles. The van der Waals surface area contributed by atoms with Crippen molar-refractivity contribution >= 4 is 5.91 Å². The van der Waals surface area contributed by atoms with E-state index in [-0.39, 0.29) is 18.6 Å². The van der Waals surface area contributed by atoms with Crippen LogP contribution in [0, 0.1) is 0 Å². The molecule has 0 aromatic heterocycles. The summed E-state index contributed by atoms with van der Waals surface area (Å²) in [6, 6.07) is 7.32. The highest BCUT2D eigenvalue weighted by Crippen LogP contribution is 2.14. The van der Waals surface area contributed by atoms with E-state index in [1.807, 2.05) is 31.2 Å². The van der Waals surface area contributed by atoms with Crippen molar-refractivity contribution in [3.8, 4) is 5.75 Å². The van der Waals surface area contributed by atoms with Gasteiger partial charge in [-0.05, 0) is 24.6 Å². The third kappa shape index (κ3) is 3.71. The molecule has 1 atom stereocenters. The summed E-state index contributed by atoms with van der Waals surface area (Å²) in [5.41, 5.74) is 0.946. The molecule has 20 heavy (non-hydrogen) atoms. The fraction of sp³-hybridized carbons (Fsp3) is 0.533. The van der Waals surface area contributed by atoms with E-state index in [2.05, 4.69) is 0 Å². The van der Waals surface area contributed by atoms with Gasteiger partial charge in [-0.25, -0.2) is 0 Å². The van der Waals surface area contributed by atoms with E-state index < -0.39 is 0 Å². The van der Waals surface area contributed by atoms with Crippen molar-refractivity contribution < 1.29 is 19.4 Å². The van der Waals surface area contributed by atoms with Gasteiger partial charge in [-0.3, -0.25) is 4.79 Å². The Morgan fingerprint density at radius 2 is 2.20 bits per heavy atom. The molecule has 1 aliphatic rings. The number of amides is 1. The minimum absolute atomic E-state index is 0.0245. The van der Waals surface area contributed by atoms with E-state index in [1.54, 1.807) is 4.90 Å². The van der Waals surface area contributed by atoms with Gasteiger partial charge in [0.15, 0.2) is 0 Å². The normalized spacial score (nSPS) is 18.9. The van der Waals surface area contributed by atoms with Crippen molar-refractivity contribution in [2.24, 2.45) is 0 Å². The number of nitrogens with zero attached hydrogens (tertiary/aromatic N) is 1. The van der Waals surface area contributed by atoms with Crippen LogP contribution < -0.4 is 4.74 Å². The molecule has 110 valence electrons. The van der Waals surface area contributed by atoms with Crippen LogP contribution in [0.1, 0.15) is 12.5 Å². The molecule has 2 rings (SSSR count). The third-order valence-electron chi connectivity index (χ3n) is 3.35. The zero-order valence-corrected chi connectivity index (χ0v) is 11.7. The summed E-state index contributed by atoms with van der Waals surface area (Å²) in [7, 11) is 0. The molecule has 0 saturated carbocycles. The van der Waals surface area contributed by atoms with Crippen molar-refractivity contribution in [3.05, 3.63) is 29.8 Å². The van der Waals surface area contributed by atoms with E-state index in [0.29, 0.717) is 32.8 Å². The highest BCUT2D eigenvalue weighted by molar-refractivity contribution is 5.79. The highest BCUT2D eigenvalue weighted by Gasteiger charge is 2.26. The number of aliphatic hydroxyl groups is 1. The lowest BCUT2D eigenvalue weighted by atomic mass is 10.1. The van der Waals surface area contributed by atoms with Crippen LogP contribution in [0.4, 0.5) is 0 Å². The van der Waals surface area contributed by atoms with Crippen LogP contribution in [0.5, 0.6) is 5.75 Å². The molecule has 0 unspecified atom stereocenters. The first kappa shape index (κ1) is 14.8. The van der Waals surface area contributed by atoms with Crippen molar-refractivity contribution in [1.82, 2.24) is 4.90 Å². The van der Waals surface area contributed by atoms with Gasteiger partial charge in [0.2, 0.25) is 5.91 Å². The topological polar surface area (TPSA) is 59.0 Å². The molecule has 1 aliphatic heterocycles. The molecule has 0 aliphatic carbocycles. The van der Waals surface area contributed by atoms with E-state index in [4.69, 9.17) is 9.47 Å². The van der Waals surface area contributed by atoms with E-state index in [9.17, 15) is 9.90 Å². The number of ether oxygens (including phenoxy) is 2. The number of aliphatic hydroxyl groups excluding tert-OH is 1. The number of benzene rings is 1. The summed E-state index contributed by atoms with van der Waals surface area (Å²) in [6.45, 7) is 3.99. The summed E-state index contributed by atoms with van der Waals surface area (Å²) in [4.78, 5) is 14.0. The Labute approximate surface area is 119 Å². The smallest absolute Gasteiger partial charge is 0.227 e. The van der Waals surface area contributed by atoms with Gasteiger partial charge in [0, 0.05) is 6.54 Å². The van der Waals surface area contributed by atoms with Gasteiger partial charge in [-0.2, -0.15) is 0 Å². The Morgan fingerprint density at radius 1 is 1.45 bits per heavy atom. The zero-order valence-electron chi connectivity index (χ0n) is 11.7. The van der Waals surface area contributed by atoms with E-state index >= 15 is 0 Å². The molecular weight excluding hydrogens is 258 g/mol. The lowest BCUT2D eigenvalue weighted by molar-refractivity contribution is -0.140. The van der Waals surface area contributed by atoms with Gasteiger partial charge >= 0.3 is 0 Å². The first-order valence-electron chi connectivity index (χ1n) is 6.94. The first-order chi connectivity index (χ1) is 9.74. The number of hydrogen-bond donors (Lipinski definition) is 1. The minimum atomic E-state index is -0.223. The number of carbonyl (C=O) groups is 1. The van der Waals surface area contributed by atoms with Gasteiger partial charge < -0.3 is 19.5 Å². The molecular formula is C15H21NO4. The van der Waals surface area contributed by atoms with Crippen LogP contribution >= 0.6 is 0 Å². The zero-order chi connectivity index (χ0) is 14.4. The lowest BCUT2D eigenvalue weighted by Gasteiger charge is -2.34. The summed E-state index contributed by atoms with van der Waals surface area (Å²) < 4.78 is 10.6. The van der Waals surface area contributed by atoms with Crippen molar-refractivity contribution in [1.29, 1.82) is 0 Å². The highest BCUT2D eigenvalue weighted by atomic mass is 16.5. The van der Waals surface area contributed by atoms with Gasteiger partial charge in [0.05, 0.1) is 38.9 Å². The average molecular weight is 279 g/mol. The van der Waals surface area contributed by atoms with Crippen LogP contribution in [0.15, 0.2) is 24.3 Å². The molecule has 1 amide bonds. The van der Waals surface area contributed by atoms with Crippen molar-refractivity contribution in [2.75, 3.05) is 33.0 Å². The SMILES string of the molecule is CCOc1ccc(CC(=O)N2CCOC[C@H]2CO)cc1. The number of hydrogen-bond acceptors (Lipinski definition) is 4. The molecule has 1 N–H and O–H groups in total. The van der Waals surface area contributed by atoms with Crippen LogP contribution in [-0.2, 0) is 16.0 Å². The average Bonchev–Trinajstić information content (AvgIpc) is 2.49. The predicted octanol–water partition coefficient (Wildman–Crippen LogP) is 0.847. The Hall–Kier alpha value is -1.59. The largest absolute Gasteiger partial charge is 0.494 e. The Kier molecular flexibility index (Phi) is 5.38. The van der Waals surface area contributed by atoms with Crippen LogP contribution in [0.3, 0.4) is 0 Å². The summed E-state index contributed by atoms with van der Waals surface area (Å²) in [6.07, 6.45) is 0.336. The second-order valence-corrected chi connectivity index (χ2v) is 4.75. The minimum Gasteiger partial charge on any atom is -0.494 e. The maximum Gasteiger partial charge on any atom is 0.227 e. The molecule has 1 aromatic carbocycles. The Morgan fingerprint density at radius 3 is 2.85 bits per heavy atom. The standard InChI is InChI=1S/C15H21NO4/c1-2-20-14-5-3-12(4-6-14)9-15(18)16-7-8-19-11-13(16)10-17/h3-6,13,17H,2,7-11H2,1H3/t13-/m1/s1. The Bertz CT molecular complexity index is 432. The monoisotopic (exact) mass is 279 g/mol. The molecule has 1 aromatic rings. The number of carbonyl (C=O) groups excluding carboxylic acids is 1. The maximum absolute atomic E-state index is 12.3. The molecule has 1 heterocycles. The van der Waals surface area contributed by atoms with Crippen LogP contribution in [0.25, 0.3) is 0 Å². The van der Waals surface area contributed by atoms with Crippen molar-refractivity contribution in [2.45, 2.75) is 19.4 Å². The van der Waals surface area contributed by atoms with Crippen LogP contribution in [0.2, 0.25) is 0 Å². The quantitative estimate of drug-likeness (QED) is 0.868. The van der Waals surface area contributed by atoms with Gasteiger partial charge in [0.1, 0.15) is 5.75 Å². The van der Waals surface area contributed by atoms with Gasteiger partial charge in [-0.15, -0.1) is 0 Å². The van der Waals surface area contributed by atoms with Crippen LogP contribution in [-0.4, -0.2) is 54.9 Å². The fourth-order valence-corrected chi connectivity index (χ4v) is 2.28. The Balaban J connectivity index is 1.96. The lowest BCUT2D eigenvalue weighted by Crippen LogP contribution is -2.51. The molecule has 1 fully saturated rings. The van der Waals surface area contributed by atoms with Gasteiger partial charge in [0.25, 0.3) is 0 Å². The number of rotatable bonds is 5. The predicted molar refractivity (Wildman–Crippen MR) is 74.7 cm³/mol. The first-order valence-corrected chi connectivity index (χ1v) is 6.94. The summed E-state index contributed by atoms with van der Waals surface area (Å²) in [5.74, 6) is 0.833. The van der Waals surface area contributed by atoms with Crippen molar-refractivity contribution in [3.63, 3.8) is 0 Å². The molecule has 5 heteroatoms. The van der Waals surface area contributed by atoms with Gasteiger partial charge in [-0.1, -0.05) is 12.1 Å². The fourth-order valence-electron chi connectivity index (χ4n) is 2.28.